The topological polar surface area (TPSA) is 84.3 Å². The molecule has 7 nitrogen and oxygen atoms in total. The number of likely N-dealkylation sites (tertiary alicyclic amines) is 1. The lowest BCUT2D eigenvalue weighted by atomic mass is 10.00. The summed E-state index contributed by atoms with van der Waals surface area (Å²) in [6, 6.07) is 16.3. The van der Waals surface area contributed by atoms with Crippen molar-refractivity contribution in [3.63, 3.8) is 0 Å². The quantitative estimate of drug-likeness (QED) is 0.726. The second-order valence-electron chi connectivity index (χ2n) is 8.23. The van der Waals surface area contributed by atoms with E-state index in [2.05, 4.69) is 64.1 Å². The van der Waals surface area contributed by atoms with E-state index in [0.717, 1.165) is 12.6 Å². The van der Waals surface area contributed by atoms with Gasteiger partial charge in [0.2, 0.25) is 0 Å². The van der Waals surface area contributed by atoms with Crippen LogP contribution in [0.2, 0.25) is 0 Å². The average molecular weight is 428 g/mol. The molecule has 0 amide bonds. The van der Waals surface area contributed by atoms with E-state index in [1.807, 2.05) is 0 Å². The van der Waals surface area contributed by atoms with Crippen molar-refractivity contribution in [2.24, 2.45) is 0 Å². The normalized spacial score (nSPS) is 19.0. The minimum absolute atomic E-state index is 0.808. The number of rotatable bonds is 4. The van der Waals surface area contributed by atoms with Crippen molar-refractivity contribution < 1.29 is 19.8 Å². The Labute approximate surface area is 183 Å². The molecule has 0 saturated carbocycles. The third-order valence-electron chi connectivity index (χ3n) is 6.38. The Balaban J connectivity index is 0.000000401. The molecule has 4 rings (SSSR count). The monoisotopic (exact) mass is 427 g/mol. The third kappa shape index (κ3) is 6.50. The smallest absolute Gasteiger partial charge is 0.414 e. The number of carboxylic acid groups (broad SMARTS) is 2. The summed E-state index contributed by atoms with van der Waals surface area (Å²) in [6.45, 7) is 12.1. The van der Waals surface area contributed by atoms with Gasteiger partial charge < -0.3 is 15.1 Å². The van der Waals surface area contributed by atoms with Crippen LogP contribution in [-0.2, 0) is 16.1 Å². The van der Waals surface area contributed by atoms with Gasteiger partial charge in [-0.05, 0) is 48.8 Å². The highest BCUT2D eigenvalue weighted by Crippen LogP contribution is 2.23. The molecule has 0 unspecified atom stereocenters. The largest absolute Gasteiger partial charge is 0.473 e. The number of benzene rings is 2. The SMILES string of the molecule is CCN1CCN(C2CCN(Cc3cccc4ccccc34)CC2)CC1.O=C(O)C(=O)O. The number of fused-ring (bicyclic) bond motifs is 1. The minimum atomic E-state index is -1.82. The van der Waals surface area contributed by atoms with Crippen LogP contribution in [0.3, 0.4) is 0 Å². The zero-order valence-electron chi connectivity index (χ0n) is 18.2. The summed E-state index contributed by atoms with van der Waals surface area (Å²) < 4.78 is 0. The van der Waals surface area contributed by atoms with Gasteiger partial charge in [-0.1, -0.05) is 49.4 Å². The fourth-order valence-corrected chi connectivity index (χ4v) is 4.56. The van der Waals surface area contributed by atoms with Crippen LogP contribution in [0.5, 0.6) is 0 Å². The highest BCUT2D eigenvalue weighted by atomic mass is 16.4. The van der Waals surface area contributed by atoms with Crippen LogP contribution in [0.25, 0.3) is 10.8 Å². The van der Waals surface area contributed by atoms with E-state index in [0.29, 0.717) is 0 Å². The molecular weight excluding hydrogens is 394 g/mol. The lowest BCUT2D eigenvalue weighted by Gasteiger charge is -2.42. The number of piperidine rings is 1. The van der Waals surface area contributed by atoms with Crippen molar-refractivity contribution >= 4 is 22.7 Å². The summed E-state index contributed by atoms with van der Waals surface area (Å²) in [5, 5.41) is 17.6. The van der Waals surface area contributed by atoms with Gasteiger partial charge in [-0.25, -0.2) is 9.59 Å². The number of carbonyl (C=O) groups is 2. The molecule has 0 spiro atoms. The number of aliphatic carboxylic acids is 2. The summed E-state index contributed by atoms with van der Waals surface area (Å²) in [5.41, 5.74) is 1.48. The molecule has 0 bridgehead atoms. The molecule has 2 aliphatic rings. The van der Waals surface area contributed by atoms with E-state index in [1.54, 1.807) is 0 Å². The van der Waals surface area contributed by atoms with E-state index < -0.39 is 11.9 Å². The van der Waals surface area contributed by atoms with Crippen molar-refractivity contribution in [1.82, 2.24) is 14.7 Å². The molecular formula is C24H33N3O4. The number of carboxylic acids is 2. The first-order valence-electron chi connectivity index (χ1n) is 11.1. The Morgan fingerprint density at radius 2 is 1.45 bits per heavy atom. The third-order valence-corrected chi connectivity index (χ3v) is 6.38. The molecule has 2 saturated heterocycles. The van der Waals surface area contributed by atoms with Gasteiger partial charge in [0.05, 0.1) is 0 Å². The molecule has 2 N–H and O–H groups in total. The number of likely N-dealkylation sites (N-methyl/N-ethyl adjacent to an activating group) is 1. The highest BCUT2D eigenvalue weighted by molar-refractivity contribution is 6.27. The first kappa shape index (κ1) is 23.2. The maximum absolute atomic E-state index is 9.10. The zero-order valence-corrected chi connectivity index (χ0v) is 18.2. The molecule has 2 heterocycles. The molecule has 2 fully saturated rings. The Kier molecular flexibility index (Phi) is 8.40. The molecule has 0 radical (unpaired) electrons. The van der Waals surface area contributed by atoms with Crippen LogP contribution in [0.1, 0.15) is 25.3 Å². The standard InChI is InChI=1S/C22H31N3.C2H2O4/c1-2-23-14-16-25(17-15-23)21-10-12-24(13-11-21)18-20-8-5-7-19-6-3-4-9-22(19)20;3-1(4)2(5)6/h3-9,21H,2,10-18H2,1H3;(H,3,4)(H,5,6). The molecule has 168 valence electrons. The molecule has 2 aromatic carbocycles. The van der Waals surface area contributed by atoms with Crippen molar-refractivity contribution in [1.29, 1.82) is 0 Å². The molecule has 7 heteroatoms. The summed E-state index contributed by atoms with van der Waals surface area (Å²) >= 11 is 0. The predicted molar refractivity (Wildman–Crippen MR) is 121 cm³/mol. The first-order chi connectivity index (χ1) is 15.0. The highest BCUT2D eigenvalue weighted by Gasteiger charge is 2.27. The van der Waals surface area contributed by atoms with Crippen LogP contribution >= 0.6 is 0 Å². The Hall–Kier alpha value is -2.48. The lowest BCUT2D eigenvalue weighted by molar-refractivity contribution is -0.159. The molecule has 2 aromatic rings. The van der Waals surface area contributed by atoms with Gasteiger partial charge in [0.1, 0.15) is 0 Å². The summed E-state index contributed by atoms with van der Waals surface area (Å²) in [7, 11) is 0. The minimum Gasteiger partial charge on any atom is -0.473 e. The van der Waals surface area contributed by atoms with Crippen LogP contribution < -0.4 is 0 Å². The van der Waals surface area contributed by atoms with E-state index >= 15 is 0 Å². The number of piperazine rings is 1. The Bertz CT molecular complexity index is 855. The van der Waals surface area contributed by atoms with Crippen LogP contribution in [-0.4, -0.2) is 88.7 Å². The van der Waals surface area contributed by atoms with Crippen molar-refractivity contribution in [3.05, 3.63) is 48.0 Å². The summed E-state index contributed by atoms with van der Waals surface area (Å²) in [5.74, 6) is -3.65. The van der Waals surface area contributed by atoms with Gasteiger partial charge in [-0.15, -0.1) is 0 Å². The predicted octanol–water partition coefficient (Wildman–Crippen LogP) is 2.60. The summed E-state index contributed by atoms with van der Waals surface area (Å²) in [6.07, 6.45) is 2.66. The number of hydrogen-bond donors (Lipinski definition) is 2. The van der Waals surface area contributed by atoms with E-state index in [1.165, 1.54) is 75.0 Å². The molecule has 2 aliphatic heterocycles. The Morgan fingerprint density at radius 1 is 0.839 bits per heavy atom. The van der Waals surface area contributed by atoms with Crippen molar-refractivity contribution in [2.45, 2.75) is 32.4 Å². The van der Waals surface area contributed by atoms with Crippen LogP contribution in [0.4, 0.5) is 0 Å². The molecule has 0 atom stereocenters. The zero-order chi connectivity index (χ0) is 22.2. The molecule has 31 heavy (non-hydrogen) atoms. The van der Waals surface area contributed by atoms with Gasteiger partial charge >= 0.3 is 11.9 Å². The first-order valence-corrected chi connectivity index (χ1v) is 11.1. The average Bonchev–Trinajstić information content (AvgIpc) is 2.80. The fraction of sp³-hybridized carbons (Fsp3) is 0.500. The molecule has 0 aromatic heterocycles. The molecule has 0 aliphatic carbocycles. The lowest BCUT2D eigenvalue weighted by Crippen LogP contribution is -2.52. The van der Waals surface area contributed by atoms with E-state index in [4.69, 9.17) is 19.8 Å². The fourth-order valence-electron chi connectivity index (χ4n) is 4.56. The maximum atomic E-state index is 9.10. The maximum Gasteiger partial charge on any atom is 0.414 e. The van der Waals surface area contributed by atoms with Gasteiger partial charge in [0.15, 0.2) is 0 Å². The second kappa shape index (κ2) is 11.2. The Morgan fingerprint density at radius 3 is 2.06 bits per heavy atom. The van der Waals surface area contributed by atoms with Gasteiger partial charge in [0.25, 0.3) is 0 Å². The number of nitrogens with zero attached hydrogens (tertiary/aromatic N) is 3. The number of hydrogen-bond acceptors (Lipinski definition) is 5. The van der Waals surface area contributed by atoms with Crippen LogP contribution in [0.15, 0.2) is 42.5 Å². The van der Waals surface area contributed by atoms with Gasteiger partial charge in [-0.3, -0.25) is 9.80 Å². The van der Waals surface area contributed by atoms with Crippen molar-refractivity contribution in [3.8, 4) is 0 Å². The van der Waals surface area contributed by atoms with E-state index in [-0.39, 0.29) is 0 Å². The van der Waals surface area contributed by atoms with Gasteiger partial charge in [0, 0.05) is 38.8 Å². The van der Waals surface area contributed by atoms with E-state index in [9.17, 15) is 0 Å². The van der Waals surface area contributed by atoms with Crippen LogP contribution in [0, 0.1) is 0 Å². The summed E-state index contributed by atoms with van der Waals surface area (Å²) in [4.78, 5) is 26.2. The van der Waals surface area contributed by atoms with Gasteiger partial charge in [-0.2, -0.15) is 0 Å². The van der Waals surface area contributed by atoms with Crippen molar-refractivity contribution in [2.75, 3.05) is 45.8 Å². The second-order valence-corrected chi connectivity index (χ2v) is 8.23.